The molecule has 1 N–H and O–H groups in total. The number of thiazole rings is 1. The first-order valence-electron chi connectivity index (χ1n) is 6.41. The fourth-order valence-electron chi connectivity index (χ4n) is 2.00. The zero-order valence-electron chi connectivity index (χ0n) is 11.7. The minimum Gasteiger partial charge on any atom is -0.491 e. The zero-order valence-corrected chi connectivity index (χ0v) is 14.9. The molecule has 0 radical (unpaired) electrons. The van der Waals surface area contributed by atoms with E-state index in [1.54, 1.807) is 6.20 Å². The molecule has 2 aromatic heterocycles. The summed E-state index contributed by atoms with van der Waals surface area (Å²) < 4.78 is 6.56. The average Bonchev–Trinajstić information content (AvgIpc) is 2.84. The Morgan fingerprint density at radius 3 is 3.14 bits per heavy atom. The summed E-state index contributed by atoms with van der Waals surface area (Å²) in [7, 11) is 0. The highest BCUT2D eigenvalue weighted by molar-refractivity contribution is 9.10. The lowest BCUT2D eigenvalue weighted by atomic mass is 10.2. The number of aromatic nitrogens is 2. The molecule has 3 rings (SSSR count). The van der Waals surface area contributed by atoms with Crippen LogP contribution in [0, 0.1) is 0 Å². The Kier molecular flexibility index (Phi) is 4.51. The standard InChI is InChI=1S/C14H12BrN3O2S2/c1-7(21-2)17-13(19)14-18-12-10(22-14)3-4-20-9-5-8(15)6-16-11(9)12/h5-6H,1,3-4H2,2H3,(H,17,19). The number of ether oxygens (including phenoxy) is 1. The van der Waals surface area contributed by atoms with Gasteiger partial charge in [-0.2, -0.15) is 0 Å². The number of hydrogen-bond donors (Lipinski definition) is 1. The first kappa shape index (κ1) is 15.5. The molecule has 0 bridgehead atoms. The summed E-state index contributed by atoms with van der Waals surface area (Å²) in [4.78, 5) is 22.1. The minimum atomic E-state index is -0.239. The van der Waals surface area contributed by atoms with Gasteiger partial charge in [0.25, 0.3) is 5.91 Å². The fourth-order valence-corrected chi connectivity index (χ4v) is 3.44. The van der Waals surface area contributed by atoms with Crippen LogP contribution in [0.4, 0.5) is 0 Å². The second-order valence-corrected chi connectivity index (χ2v) is 7.37. The third-order valence-electron chi connectivity index (χ3n) is 3.02. The van der Waals surface area contributed by atoms with Crippen LogP contribution in [0.2, 0.25) is 0 Å². The molecule has 3 heterocycles. The van der Waals surface area contributed by atoms with E-state index in [2.05, 4.69) is 37.8 Å². The zero-order chi connectivity index (χ0) is 15.7. The van der Waals surface area contributed by atoms with Gasteiger partial charge in [0.2, 0.25) is 0 Å². The van der Waals surface area contributed by atoms with Crippen LogP contribution in [-0.2, 0) is 6.42 Å². The summed E-state index contributed by atoms with van der Waals surface area (Å²) in [6, 6.07) is 1.87. The Hall–Kier alpha value is -1.38. The van der Waals surface area contributed by atoms with Crippen molar-refractivity contribution in [2.24, 2.45) is 0 Å². The summed E-state index contributed by atoms with van der Waals surface area (Å²) in [5.41, 5.74) is 1.40. The van der Waals surface area contributed by atoms with Crippen molar-refractivity contribution in [1.29, 1.82) is 0 Å². The molecule has 0 unspecified atom stereocenters. The number of nitrogens with one attached hydrogen (secondary N) is 1. The lowest BCUT2D eigenvalue weighted by Gasteiger charge is -2.06. The maximum absolute atomic E-state index is 12.2. The van der Waals surface area contributed by atoms with Gasteiger partial charge in [0.1, 0.15) is 17.1 Å². The van der Waals surface area contributed by atoms with E-state index in [0.717, 1.165) is 15.0 Å². The number of halogens is 1. The summed E-state index contributed by atoms with van der Waals surface area (Å²) in [6.07, 6.45) is 4.26. The first-order valence-corrected chi connectivity index (χ1v) is 9.24. The van der Waals surface area contributed by atoms with Crippen LogP contribution in [0.1, 0.15) is 14.7 Å². The van der Waals surface area contributed by atoms with Crippen molar-refractivity contribution in [2.75, 3.05) is 12.9 Å². The molecule has 0 spiro atoms. The van der Waals surface area contributed by atoms with Gasteiger partial charge in [-0.05, 0) is 28.3 Å². The molecule has 1 aliphatic rings. The van der Waals surface area contributed by atoms with Gasteiger partial charge in [0, 0.05) is 22.0 Å². The fraction of sp³-hybridized carbons (Fsp3) is 0.214. The van der Waals surface area contributed by atoms with Crippen LogP contribution >= 0.6 is 39.0 Å². The average molecular weight is 398 g/mol. The van der Waals surface area contributed by atoms with Crippen LogP contribution in [0.5, 0.6) is 5.75 Å². The molecular weight excluding hydrogens is 386 g/mol. The largest absolute Gasteiger partial charge is 0.491 e. The minimum absolute atomic E-state index is 0.239. The molecule has 0 aromatic carbocycles. The SMILES string of the molecule is C=C(NC(=O)c1nc2c(s1)CCOc1cc(Br)cnc1-2)SC. The number of hydrogen-bond acceptors (Lipinski definition) is 6. The van der Waals surface area contributed by atoms with E-state index < -0.39 is 0 Å². The van der Waals surface area contributed by atoms with E-state index in [1.165, 1.54) is 23.1 Å². The van der Waals surface area contributed by atoms with E-state index in [1.807, 2.05) is 12.3 Å². The summed E-state index contributed by atoms with van der Waals surface area (Å²) in [6.45, 7) is 4.29. The molecular formula is C14H12BrN3O2S2. The van der Waals surface area contributed by atoms with Crippen molar-refractivity contribution in [1.82, 2.24) is 15.3 Å². The van der Waals surface area contributed by atoms with Gasteiger partial charge in [0.05, 0.1) is 11.6 Å². The highest BCUT2D eigenvalue weighted by Crippen LogP contribution is 2.37. The van der Waals surface area contributed by atoms with E-state index in [9.17, 15) is 4.79 Å². The Balaban J connectivity index is 1.99. The van der Waals surface area contributed by atoms with Gasteiger partial charge >= 0.3 is 0 Å². The number of pyridine rings is 1. The third-order valence-corrected chi connectivity index (χ3v) is 5.16. The van der Waals surface area contributed by atoms with Gasteiger partial charge in [-0.1, -0.05) is 6.58 Å². The Morgan fingerprint density at radius 2 is 2.36 bits per heavy atom. The predicted octanol–water partition coefficient (Wildman–Crippen LogP) is 3.47. The van der Waals surface area contributed by atoms with Crippen molar-refractivity contribution >= 4 is 44.9 Å². The lowest BCUT2D eigenvalue weighted by Crippen LogP contribution is -2.20. The normalized spacial score (nSPS) is 12.6. The Bertz CT molecular complexity index is 761. The maximum atomic E-state index is 12.2. The van der Waals surface area contributed by atoms with E-state index >= 15 is 0 Å². The number of carbonyl (C=O) groups excluding carboxylic acids is 1. The number of nitrogens with zero attached hydrogens (tertiary/aromatic N) is 2. The lowest BCUT2D eigenvalue weighted by molar-refractivity contribution is 0.0968. The number of fused-ring (bicyclic) bond motifs is 3. The molecule has 2 aromatic rings. The molecule has 1 aliphatic heterocycles. The third kappa shape index (κ3) is 3.04. The van der Waals surface area contributed by atoms with Gasteiger partial charge in [-0.25, -0.2) is 9.97 Å². The van der Waals surface area contributed by atoms with E-state index in [4.69, 9.17) is 4.74 Å². The van der Waals surface area contributed by atoms with Crippen molar-refractivity contribution < 1.29 is 9.53 Å². The van der Waals surface area contributed by atoms with Crippen molar-refractivity contribution in [3.8, 4) is 17.1 Å². The molecule has 114 valence electrons. The molecule has 5 nitrogen and oxygen atoms in total. The van der Waals surface area contributed by atoms with Crippen LogP contribution in [0.3, 0.4) is 0 Å². The van der Waals surface area contributed by atoms with Crippen LogP contribution in [0.15, 0.2) is 28.3 Å². The molecule has 0 saturated carbocycles. The Morgan fingerprint density at radius 1 is 1.55 bits per heavy atom. The van der Waals surface area contributed by atoms with Gasteiger partial charge in [0.15, 0.2) is 5.01 Å². The van der Waals surface area contributed by atoms with Gasteiger partial charge in [-0.15, -0.1) is 23.1 Å². The van der Waals surface area contributed by atoms with Crippen LogP contribution in [-0.4, -0.2) is 28.7 Å². The predicted molar refractivity (Wildman–Crippen MR) is 92.4 cm³/mol. The highest BCUT2D eigenvalue weighted by atomic mass is 79.9. The van der Waals surface area contributed by atoms with Crippen LogP contribution in [0.25, 0.3) is 11.4 Å². The summed E-state index contributed by atoms with van der Waals surface area (Å²) >= 11 is 6.14. The van der Waals surface area contributed by atoms with Crippen molar-refractivity contribution in [3.05, 3.63) is 38.2 Å². The molecule has 0 aliphatic carbocycles. The number of amides is 1. The second-order valence-electron chi connectivity index (χ2n) is 4.47. The van der Waals surface area contributed by atoms with Gasteiger partial charge < -0.3 is 10.1 Å². The molecule has 8 heteroatoms. The molecule has 22 heavy (non-hydrogen) atoms. The van der Waals surface area contributed by atoms with E-state index in [0.29, 0.717) is 34.5 Å². The Labute approximate surface area is 144 Å². The quantitative estimate of drug-likeness (QED) is 0.858. The summed E-state index contributed by atoms with van der Waals surface area (Å²) in [5.74, 6) is 0.441. The topological polar surface area (TPSA) is 64.1 Å². The number of rotatable bonds is 3. The summed E-state index contributed by atoms with van der Waals surface area (Å²) in [5, 5.41) is 3.73. The highest BCUT2D eigenvalue weighted by Gasteiger charge is 2.24. The first-order chi connectivity index (χ1) is 10.6. The molecule has 1 amide bonds. The second kappa shape index (κ2) is 6.39. The maximum Gasteiger partial charge on any atom is 0.285 e. The van der Waals surface area contributed by atoms with Crippen molar-refractivity contribution in [3.63, 3.8) is 0 Å². The molecule has 0 atom stereocenters. The number of thioether (sulfide) groups is 1. The van der Waals surface area contributed by atoms with Crippen LogP contribution < -0.4 is 10.1 Å². The monoisotopic (exact) mass is 397 g/mol. The number of carbonyl (C=O) groups is 1. The molecule has 0 fully saturated rings. The van der Waals surface area contributed by atoms with Gasteiger partial charge in [-0.3, -0.25) is 4.79 Å². The molecule has 0 saturated heterocycles. The van der Waals surface area contributed by atoms with E-state index in [-0.39, 0.29) is 5.91 Å². The smallest absolute Gasteiger partial charge is 0.285 e. The van der Waals surface area contributed by atoms with Crippen molar-refractivity contribution in [2.45, 2.75) is 6.42 Å².